The Hall–Kier alpha value is -1.000. The first-order valence-electron chi connectivity index (χ1n) is 5.46. The maximum Gasteiger partial charge on any atom is 0.158 e. The molecule has 1 aliphatic rings. The highest BCUT2D eigenvalue weighted by Crippen LogP contribution is 2.56. The van der Waals surface area contributed by atoms with Crippen LogP contribution in [0.3, 0.4) is 0 Å². The third-order valence-corrected chi connectivity index (χ3v) is 4.69. The monoisotopic (exact) mass is 350 g/mol. The second-order valence-corrected chi connectivity index (χ2v) is 5.79. The van der Waals surface area contributed by atoms with Crippen LogP contribution in [0.2, 0.25) is 15.1 Å². The van der Waals surface area contributed by atoms with Crippen molar-refractivity contribution in [2.45, 2.75) is 5.38 Å². The smallest absolute Gasteiger partial charge is 0.158 e. The Balaban J connectivity index is 2.30. The van der Waals surface area contributed by atoms with Gasteiger partial charge in [0.15, 0.2) is 11.5 Å². The van der Waals surface area contributed by atoms with E-state index in [9.17, 15) is 10.2 Å². The maximum atomic E-state index is 9.81. The lowest BCUT2D eigenvalue weighted by Crippen LogP contribution is -2.07. The minimum Gasteiger partial charge on any atom is -0.508 e. The third kappa shape index (κ3) is 1.89. The maximum absolute atomic E-state index is 9.81. The normalized spacial score (nSPS) is 16.3. The Kier molecular flexibility index (Phi) is 3.33. The number of alkyl halides is 1. The van der Waals surface area contributed by atoms with Crippen molar-refractivity contribution < 1.29 is 14.9 Å². The van der Waals surface area contributed by atoms with E-state index in [1.165, 1.54) is 12.1 Å². The molecule has 104 valence electrons. The molecule has 0 spiro atoms. The molecule has 1 aliphatic heterocycles. The number of fused-ring (bicyclic) bond motifs is 2. The van der Waals surface area contributed by atoms with Crippen molar-refractivity contribution in [3.63, 3.8) is 0 Å². The summed E-state index contributed by atoms with van der Waals surface area (Å²) in [7, 11) is 0. The molecule has 1 atom stereocenters. The summed E-state index contributed by atoms with van der Waals surface area (Å²) in [5.74, 6) is 0.134. The highest BCUT2D eigenvalue weighted by atomic mass is 35.5. The molecule has 0 bridgehead atoms. The van der Waals surface area contributed by atoms with E-state index in [-0.39, 0.29) is 32.3 Å². The van der Waals surface area contributed by atoms with E-state index in [0.717, 1.165) is 0 Å². The molecule has 3 nitrogen and oxygen atoms in total. The molecule has 1 unspecified atom stereocenters. The lowest BCUT2D eigenvalue weighted by molar-refractivity contribution is 0.432. The van der Waals surface area contributed by atoms with Gasteiger partial charge in [0, 0.05) is 17.2 Å². The van der Waals surface area contributed by atoms with Gasteiger partial charge in [0.25, 0.3) is 0 Å². The average molecular weight is 352 g/mol. The minimum atomic E-state index is -0.655. The summed E-state index contributed by atoms with van der Waals surface area (Å²) in [6.07, 6.45) is 0. The van der Waals surface area contributed by atoms with Crippen LogP contribution in [-0.4, -0.2) is 10.2 Å². The topological polar surface area (TPSA) is 49.7 Å². The van der Waals surface area contributed by atoms with Crippen molar-refractivity contribution in [2.75, 3.05) is 0 Å². The van der Waals surface area contributed by atoms with E-state index < -0.39 is 5.38 Å². The fourth-order valence-electron chi connectivity index (χ4n) is 2.06. The standard InChI is InChI=1S/C13H6Cl4O3/c14-8-5-2-1-4(18)3-6(5)20-13-7(8)9(15)10(16)12(19)11(13)17/h1-3,8,18-19H. The highest BCUT2D eigenvalue weighted by molar-refractivity contribution is 6.46. The van der Waals surface area contributed by atoms with Crippen molar-refractivity contribution >= 4 is 46.4 Å². The van der Waals surface area contributed by atoms with Crippen LogP contribution in [-0.2, 0) is 0 Å². The van der Waals surface area contributed by atoms with Crippen LogP contribution in [0.4, 0.5) is 0 Å². The molecule has 2 N–H and O–H groups in total. The van der Waals surface area contributed by atoms with Gasteiger partial charge in [-0.05, 0) is 12.1 Å². The average Bonchev–Trinajstić information content (AvgIpc) is 2.42. The van der Waals surface area contributed by atoms with Gasteiger partial charge in [0.05, 0.1) is 10.4 Å². The van der Waals surface area contributed by atoms with E-state index in [1.54, 1.807) is 6.07 Å². The van der Waals surface area contributed by atoms with Crippen molar-refractivity contribution in [2.24, 2.45) is 0 Å². The number of benzene rings is 2. The third-order valence-electron chi connectivity index (χ3n) is 3.02. The van der Waals surface area contributed by atoms with Gasteiger partial charge in [-0.25, -0.2) is 0 Å². The minimum absolute atomic E-state index is 0.0245. The fourth-order valence-corrected chi connectivity index (χ4v) is 3.26. The first-order chi connectivity index (χ1) is 9.41. The molecular formula is C13H6Cl4O3. The lowest BCUT2D eigenvalue weighted by Gasteiger charge is -2.27. The van der Waals surface area contributed by atoms with E-state index >= 15 is 0 Å². The Morgan fingerprint density at radius 3 is 2.40 bits per heavy atom. The molecule has 0 radical (unpaired) electrons. The van der Waals surface area contributed by atoms with Gasteiger partial charge in [0.1, 0.15) is 21.5 Å². The molecule has 0 aromatic heterocycles. The quantitative estimate of drug-likeness (QED) is 0.487. The van der Waals surface area contributed by atoms with E-state index in [4.69, 9.17) is 51.1 Å². The van der Waals surface area contributed by atoms with Crippen LogP contribution in [0.25, 0.3) is 0 Å². The zero-order valence-corrected chi connectivity index (χ0v) is 12.6. The van der Waals surface area contributed by atoms with Gasteiger partial charge in [-0.3, -0.25) is 0 Å². The van der Waals surface area contributed by atoms with Gasteiger partial charge in [0.2, 0.25) is 0 Å². The van der Waals surface area contributed by atoms with Crippen LogP contribution in [0.1, 0.15) is 16.5 Å². The van der Waals surface area contributed by atoms with Gasteiger partial charge in [-0.1, -0.05) is 34.8 Å². The van der Waals surface area contributed by atoms with Crippen LogP contribution >= 0.6 is 46.4 Å². The first kappa shape index (κ1) is 14.0. The molecule has 0 saturated carbocycles. The summed E-state index contributed by atoms with van der Waals surface area (Å²) < 4.78 is 5.60. The van der Waals surface area contributed by atoms with Crippen molar-refractivity contribution in [1.82, 2.24) is 0 Å². The SMILES string of the molecule is Oc1ccc2c(c1)Oc1c(Cl)c(O)c(Cl)c(Cl)c1C2Cl. The van der Waals surface area contributed by atoms with E-state index in [2.05, 4.69) is 0 Å². The molecule has 0 saturated heterocycles. The number of phenols is 2. The zero-order chi connectivity index (χ0) is 14.6. The molecule has 2 aromatic rings. The van der Waals surface area contributed by atoms with Crippen molar-refractivity contribution in [3.05, 3.63) is 44.4 Å². The van der Waals surface area contributed by atoms with Gasteiger partial charge < -0.3 is 14.9 Å². The molecule has 1 heterocycles. The first-order valence-corrected chi connectivity index (χ1v) is 7.03. The molecule has 2 aromatic carbocycles. The van der Waals surface area contributed by atoms with Gasteiger partial charge in [-0.15, -0.1) is 11.6 Å². The molecule has 0 amide bonds. The van der Waals surface area contributed by atoms with Gasteiger partial charge >= 0.3 is 0 Å². The molecular weight excluding hydrogens is 346 g/mol. The van der Waals surface area contributed by atoms with Crippen LogP contribution in [0.5, 0.6) is 23.0 Å². The van der Waals surface area contributed by atoms with Gasteiger partial charge in [-0.2, -0.15) is 0 Å². The zero-order valence-electron chi connectivity index (χ0n) is 9.62. The molecule has 20 heavy (non-hydrogen) atoms. The second kappa shape index (κ2) is 4.78. The number of hydrogen-bond donors (Lipinski definition) is 2. The van der Waals surface area contributed by atoms with E-state index in [0.29, 0.717) is 16.9 Å². The Bertz CT molecular complexity index is 730. The second-order valence-electron chi connectivity index (χ2n) is 4.22. The number of aromatic hydroxyl groups is 2. The molecule has 7 heteroatoms. The number of phenolic OH excluding ortho intramolecular Hbond substituents is 2. The van der Waals surface area contributed by atoms with Crippen LogP contribution in [0, 0.1) is 0 Å². The van der Waals surface area contributed by atoms with Crippen LogP contribution in [0.15, 0.2) is 18.2 Å². The molecule has 3 rings (SSSR count). The highest BCUT2D eigenvalue weighted by Gasteiger charge is 2.33. The predicted molar refractivity (Wildman–Crippen MR) is 79.0 cm³/mol. The number of rotatable bonds is 0. The number of ether oxygens (including phenoxy) is 1. The van der Waals surface area contributed by atoms with Crippen molar-refractivity contribution in [3.8, 4) is 23.0 Å². The lowest BCUT2D eigenvalue weighted by atomic mass is 9.99. The van der Waals surface area contributed by atoms with Crippen molar-refractivity contribution in [1.29, 1.82) is 0 Å². The predicted octanol–water partition coefficient (Wildman–Crippen LogP) is 5.49. The summed E-state index contributed by atoms with van der Waals surface area (Å²) >= 11 is 24.4. The number of halogens is 4. The number of hydrogen-bond acceptors (Lipinski definition) is 3. The summed E-state index contributed by atoms with van der Waals surface area (Å²) in [5, 5.41) is 18.6. The summed E-state index contributed by atoms with van der Waals surface area (Å²) in [4.78, 5) is 0. The Labute approximate surface area is 134 Å². The summed E-state index contributed by atoms with van der Waals surface area (Å²) in [6.45, 7) is 0. The summed E-state index contributed by atoms with van der Waals surface area (Å²) in [5.41, 5.74) is 1.01. The molecule has 0 fully saturated rings. The fraction of sp³-hybridized carbons (Fsp3) is 0.0769. The largest absolute Gasteiger partial charge is 0.508 e. The van der Waals surface area contributed by atoms with E-state index in [1.807, 2.05) is 0 Å². The molecule has 0 aliphatic carbocycles. The Morgan fingerprint density at radius 1 is 1.00 bits per heavy atom. The van der Waals surface area contributed by atoms with Crippen LogP contribution < -0.4 is 4.74 Å². The summed E-state index contributed by atoms with van der Waals surface area (Å²) in [6, 6.07) is 4.51. The Morgan fingerprint density at radius 2 is 1.70 bits per heavy atom.